The van der Waals surface area contributed by atoms with Crippen molar-refractivity contribution in [2.24, 2.45) is 11.8 Å². The Morgan fingerprint density at radius 2 is 1.80 bits per heavy atom. The summed E-state index contributed by atoms with van der Waals surface area (Å²) in [6, 6.07) is 8.06. The van der Waals surface area contributed by atoms with Gasteiger partial charge in [0.1, 0.15) is 5.82 Å². The minimum absolute atomic E-state index is 0.0280. The molecular weight excluding hydrogens is 249 g/mol. The molecule has 0 aliphatic heterocycles. The van der Waals surface area contributed by atoms with E-state index < -0.39 is 0 Å². The summed E-state index contributed by atoms with van der Waals surface area (Å²) in [6.07, 6.45) is 10.4. The second-order valence-electron chi connectivity index (χ2n) is 6.64. The van der Waals surface area contributed by atoms with Gasteiger partial charge in [0.2, 0.25) is 0 Å². The predicted molar refractivity (Wildman–Crippen MR) is 81.2 cm³/mol. The topological polar surface area (TPSA) is 12.0 Å². The van der Waals surface area contributed by atoms with Gasteiger partial charge in [-0.3, -0.25) is 0 Å². The molecule has 1 aromatic carbocycles. The maximum atomic E-state index is 13.9. The van der Waals surface area contributed by atoms with E-state index in [1.54, 1.807) is 12.1 Å². The van der Waals surface area contributed by atoms with Crippen LogP contribution in [0.15, 0.2) is 24.3 Å². The highest BCUT2D eigenvalue weighted by Crippen LogP contribution is 2.32. The summed E-state index contributed by atoms with van der Waals surface area (Å²) < 4.78 is 13.9. The van der Waals surface area contributed by atoms with Crippen molar-refractivity contribution in [2.45, 2.75) is 57.4 Å². The van der Waals surface area contributed by atoms with Crippen LogP contribution in [-0.4, -0.2) is 12.6 Å². The first-order valence-corrected chi connectivity index (χ1v) is 8.29. The third kappa shape index (κ3) is 3.82. The SMILES string of the molecule is Fc1ccccc1CC(CNC1CC1)C1CCCCC1. The van der Waals surface area contributed by atoms with E-state index >= 15 is 0 Å². The molecule has 0 aromatic heterocycles. The molecule has 0 amide bonds. The average molecular weight is 275 g/mol. The number of benzene rings is 1. The molecule has 0 saturated heterocycles. The summed E-state index contributed by atoms with van der Waals surface area (Å²) in [5.41, 5.74) is 0.903. The Balaban J connectivity index is 1.65. The molecule has 0 radical (unpaired) electrons. The Bertz CT molecular complexity index is 421. The molecule has 2 fully saturated rings. The highest BCUT2D eigenvalue weighted by Gasteiger charge is 2.27. The Labute approximate surface area is 122 Å². The molecule has 0 heterocycles. The highest BCUT2D eigenvalue weighted by molar-refractivity contribution is 5.18. The van der Waals surface area contributed by atoms with E-state index in [1.807, 2.05) is 12.1 Å². The van der Waals surface area contributed by atoms with Crippen LogP contribution in [0, 0.1) is 17.7 Å². The predicted octanol–water partition coefficient (Wildman–Crippen LogP) is 4.32. The largest absolute Gasteiger partial charge is 0.314 e. The molecule has 1 nitrogen and oxygen atoms in total. The first kappa shape index (κ1) is 14.1. The zero-order chi connectivity index (χ0) is 13.8. The Morgan fingerprint density at radius 1 is 1.05 bits per heavy atom. The van der Waals surface area contributed by atoms with E-state index in [9.17, 15) is 4.39 Å². The molecule has 2 aliphatic carbocycles. The summed E-state index contributed by atoms with van der Waals surface area (Å²) >= 11 is 0. The highest BCUT2D eigenvalue weighted by atomic mass is 19.1. The van der Waals surface area contributed by atoms with E-state index in [2.05, 4.69) is 5.32 Å². The van der Waals surface area contributed by atoms with Crippen LogP contribution >= 0.6 is 0 Å². The monoisotopic (exact) mass is 275 g/mol. The normalized spacial score (nSPS) is 21.9. The molecule has 2 heteroatoms. The maximum Gasteiger partial charge on any atom is 0.126 e. The van der Waals surface area contributed by atoms with Crippen molar-refractivity contribution in [3.63, 3.8) is 0 Å². The van der Waals surface area contributed by atoms with Gasteiger partial charge in [-0.15, -0.1) is 0 Å². The first-order chi connectivity index (χ1) is 9.83. The Hall–Kier alpha value is -0.890. The molecule has 20 heavy (non-hydrogen) atoms. The third-order valence-corrected chi connectivity index (χ3v) is 5.00. The number of halogens is 1. The van der Waals surface area contributed by atoms with Crippen molar-refractivity contribution in [1.29, 1.82) is 0 Å². The van der Waals surface area contributed by atoms with Crippen molar-refractivity contribution in [3.05, 3.63) is 35.6 Å². The molecule has 3 rings (SSSR count). The fourth-order valence-electron chi connectivity index (χ4n) is 3.56. The van der Waals surface area contributed by atoms with Crippen molar-refractivity contribution in [3.8, 4) is 0 Å². The zero-order valence-electron chi connectivity index (χ0n) is 12.3. The molecule has 1 N–H and O–H groups in total. The van der Waals surface area contributed by atoms with Crippen molar-refractivity contribution >= 4 is 0 Å². The van der Waals surface area contributed by atoms with Gasteiger partial charge < -0.3 is 5.32 Å². The molecule has 2 saturated carbocycles. The maximum absolute atomic E-state index is 13.9. The van der Waals surface area contributed by atoms with Crippen LogP contribution in [0.25, 0.3) is 0 Å². The van der Waals surface area contributed by atoms with E-state index in [4.69, 9.17) is 0 Å². The Morgan fingerprint density at radius 3 is 2.50 bits per heavy atom. The summed E-state index contributed by atoms with van der Waals surface area (Å²) in [4.78, 5) is 0. The summed E-state index contributed by atoms with van der Waals surface area (Å²) in [5.74, 6) is 1.36. The van der Waals surface area contributed by atoms with Gasteiger partial charge in [-0.25, -0.2) is 4.39 Å². The lowest BCUT2D eigenvalue weighted by Gasteiger charge is -2.31. The van der Waals surface area contributed by atoms with Gasteiger partial charge in [0, 0.05) is 6.04 Å². The number of hydrogen-bond donors (Lipinski definition) is 1. The van der Waals surface area contributed by atoms with Gasteiger partial charge in [-0.2, -0.15) is 0 Å². The second kappa shape index (κ2) is 6.71. The zero-order valence-corrected chi connectivity index (χ0v) is 12.3. The van der Waals surface area contributed by atoms with E-state index in [1.165, 1.54) is 44.9 Å². The lowest BCUT2D eigenvalue weighted by atomic mass is 9.77. The molecule has 0 bridgehead atoms. The lowest BCUT2D eigenvalue weighted by Crippen LogP contribution is -2.32. The van der Waals surface area contributed by atoms with Crippen LogP contribution in [0.4, 0.5) is 4.39 Å². The van der Waals surface area contributed by atoms with Crippen molar-refractivity contribution in [2.75, 3.05) is 6.54 Å². The number of hydrogen-bond acceptors (Lipinski definition) is 1. The Kier molecular flexibility index (Phi) is 4.72. The van der Waals surface area contributed by atoms with Crippen molar-refractivity contribution in [1.82, 2.24) is 5.32 Å². The van der Waals surface area contributed by atoms with Crippen LogP contribution in [0.2, 0.25) is 0 Å². The van der Waals surface area contributed by atoms with Gasteiger partial charge in [-0.1, -0.05) is 50.3 Å². The number of nitrogens with one attached hydrogen (secondary N) is 1. The van der Waals surface area contributed by atoms with Gasteiger partial charge in [-0.05, 0) is 49.3 Å². The molecule has 2 aliphatic rings. The number of rotatable bonds is 6. The van der Waals surface area contributed by atoms with Gasteiger partial charge >= 0.3 is 0 Å². The van der Waals surface area contributed by atoms with Crippen molar-refractivity contribution < 1.29 is 4.39 Å². The summed E-state index contributed by atoms with van der Waals surface area (Å²) in [5, 5.41) is 3.67. The lowest BCUT2D eigenvalue weighted by molar-refractivity contribution is 0.237. The van der Waals surface area contributed by atoms with Crippen LogP contribution in [0.3, 0.4) is 0 Å². The van der Waals surface area contributed by atoms with Crippen LogP contribution in [0.1, 0.15) is 50.5 Å². The fourth-order valence-corrected chi connectivity index (χ4v) is 3.56. The molecule has 110 valence electrons. The molecule has 0 spiro atoms. The summed E-state index contributed by atoms with van der Waals surface area (Å²) in [6.45, 7) is 1.07. The van der Waals surface area contributed by atoms with Crippen LogP contribution in [0.5, 0.6) is 0 Å². The standard InChI is InChI=1S/C18H26FN/c19-18-9-5-4-8-15(18)12-16(13-20-17-10-11-17)14-6-2-1-3-7-14/h4-5,8-9,14,16-17,20H,1-3,6-7,10-13H2. The van der Waals surface area contributed by atoms with Gasteiger partial charge in [0.15, 0.2) is 0 Å². The molecule has 1 unspecified atom stereocenters. The minimum Gasteiger partial charge on any atom is -0.314 e. The third-order valence-electron chi connectivity index (χ3n) is 5.00. The van der Waals surface area contributed by atoms with Gasteiger partial charge in [0.25, 0.3) is 0 Å². The van der Waals surface area contributed by atoms with E-state index in [0.29, 0.717) is 5.92 Å². The molecule has 1 atom stereocenters. The van der Waals surface area contributed by atoms with Gasteiger partial charge in [0.05, 0.1) is 0 Å². The average Bonchev–Trinajstić information content (AvgIpc) is 3.30. The quantitative estimate of drug-likeness (QED) is 0.815. The summed E-state index contributed by atoms with van der Waals surface area (Å²) in [7, 11) is 0. The van der Waals surface area contributed by atoms with E-state index in [0.717, 1.165) is 30.5 Å². The smallest absolute Gasteiger partial charge is 0.126 e. The fraction of sp³-hybridized carbons (Fsp3) is 0.667. The van der Waals surface area contributed by atoms with Crippen LogP contribution < -0.4 is 5.32 Å². The van der Waals surface area contributed by atoms with E-state index in [-0.39, 0.29) is 5.82 Å². The minimum atomic E-state index is -0.0280. The molecule has 1 aromatic rings. The molecular formula is C18H26FN. The second-order valence-corrected chi connectivity index (χ2v) is 6.64. The van der Waals surface area contributed by atoms with Crippen LogP contribution in [-0.2, 0) is 6.42 Å². The first-order valence-electron chi connectivity index (χ1n) is 8.29.